The molecule has 4 heteroatoms. The zero-order chi connectivity index (χ0) is 8.69. The molecule has 0 aliphatic rings. The van der Waals surface area contributed by atoms with Gasteiger partial charge in [-0.05, 0) is 6.72 Å². The van der Waals surface area contributed by atoms with E-state index in [1.807, 2.05) is 13.8 Å². The van der Waals surface area contributed by atoms with Crippen LogP contribution in [0.3, 0.4) is 0 Å². The lowest BCUT2D eigenvalue weighted by Gasteiger charge is -1.91. The summed E-state index contributed by atoms with van der Waals surface area (Å²) in [6.07, 6.45) is 1.43. The lowest BCUT2D eigenvalue weighted by molar-refractivity contribution is 1.11. The van der Waals surface area contributed by atoms with E-state index in [9.17, 15) is 0 Å². The minimum absolute atomic E-state index is 0.514. The van der Waals surface area contributed by atoms with Crippen LogP contribution in [0.2, 0.25) is 0 Å². The molecule has 0 heterocycles. The molecule has 0 aliphatic carbocycles. The molecule has 11 heavy (non-hydrogen) atoms. The second-order valence-electron chi connectivity index (χ2n) is 1.97. The Kier molecular flexibility index (Phi) is 4.98. The quantitative estimate of drug-likeness (QED) is 0.370. The Morgan fingerprint density at radius 2 is 1.91 bits per heavy atom. The van der Waals surface area contributed by atoms with Crippen molar-refractivity contribution in [2.75, 3.05) is 0 Å². The predicted molar refractivity (Wildman–Crippen MR) is 49.2 cm³/mol. The SMILES string of the molecule is C=N/C(CC)=N\N=C(/N)CC. The van der Waals surface area contributed by atoms with Crippen LogP contribution in [0.4, 0.5) is 0 Å². The largest absolute Gasteiger partial charge is 0.386 e. The molecule has 0 unspecified atom stereocenters. The highest BCUT2D eigenvalue weighted by molar-refractivity contribution is 5.87. The normalized spacial score (nSPS) is 13.3. The molecule has 0 rings (SSSR count). The zero-order valence-electron chi connectivity index (χ0n) is 7.04. The van der Waals surface area contributed by atoms with Gasteiger partial charge in [-0.1, -0.05) is 13.8 Å². The highest BCUT2D eigenvalue weighted by atomic mass is 15.3. The molecule has 0 aromatic carbocycles. The number of nitrogens with two attached hydrogens (primary N) is 1. The van der Waals surface area contributed by atoms with Gasteiger partial charge in [-0.15, -0.1) is 10.2 Å². The monoisotopic (exact) mass is 154 g/mol. The van der Waals surface area contributed by atoms with Gasteiger partial charge in [-0.2, -0.15) is 0 Å². The van der Waals surface area contributed by atoms with Crippen molar-refractivity contribution in [1.29, 1.82) is 0 Å². The fourth-order valence-corrected chi connectivity index (χ4v) is 0.407. The van der Waals surface area contributed by atoms with E-state index in [-0.39, 0.29) is 0 Å². The van der Waals surface area contributed by atoms with Crippen molar-refractivity contribution >= 4 is 18.4 Å². The standard InChI is InChI=1S/C7H14N4/c1-4-6(8)10-11-7(5-2)9-3/h3-5H2,1-2H3,(H2,8,10)/b11-7-. The van der Waals surface area contributed by atoms with Crippen molar-refractivity contribution in [1.82, 2.24) is 0 Å². The molecule has 62 valence electrons. The third kappa shape index (κ3) is 4.25. The Balaban J connectivity index is 4.17. The molecule has 2 N–H and O–H groups in total. The molecule has 0 saturated heterocycles. The van der Waals surface area contributed by atoms with Crippen molar-refractivity contribution in [2.45, 2.75) is 26.7 Å². The van der Waals surface area contributed by atoms with E-state index < -0.39 is 0 Å². The highest BCUT2D eigenvalue weighted by Gasteiger charge is 1.88. The average Bonchev–Trinajstić information content (AvgIpc) is 2.06. The van der Waals surface area contributed by atoms with Crippen molar-refractivity contribution in [3.05, 3.63) is 0 Å². The number of rotatable bonds is 3. The summed E-state index contributed by atoms with van der Waals surface area (Å²) in [5, 5.41) is 7.52. The summed E-state index contributed by atoms with van der Waals surface area (Å²) in [7, 11) is 0. The third-order valence-corrected chi connectivity index (χ3v) is 1.15. The van der Waals surface area contributed by atoms with Gasteiger partial charge < -0.3 is 5.73 Å². The summed E-state index contributed by atoms with van der Waals surface area (Å²) in [6, 6.07) is 0. The van der Waals surface area contributed by atoms with Crippen molar-refractivity contribution < 1.29 is 0 Å². The second kappa shape index (κ2) is 5.58. The lowest BCUT2D eigenvalue weighted by atomic mass is 10.4. The van der Waals surface area contributed by atoms with Crippen molar-refractivity contribution in [2.24, 2.45) is 20.9 Å². The van der Waals surface area contributed by atoms with E-state index in [1.165, 1.54) is 0 Å². The van der Waals surface area contributed by atoms with Gasteiger partial charge in [0.25, 0.3) is 0 Å². The van der Waals surface area contributed by atoms with Gasteiger partial charge in [0, 0.05) is 12.8 Å². The number of hydrogen-bond donors (Lipinski definition) is 1. The van der Waals surface area contributed by atoms with Gasteiger partial charge in [0.1, 0.15) is 11.7 Å². The van der Waals surface area contributed by atoms with Crippen LogP contribution in [0.15, 0.2) is 15.2 Å². The first-order valence-electron chi connectivity index (χ1n) is 3.60. The van der Waals surface area contributed by atoms with Gasteiger partial charge in [-0.25, -0.2) is 4.99 Å². The number of hydrogen-bond acceptors (Lipinski definition) is 2. The number of aliphatic imine (C=N–C) groups is 1. The zero-order valence-corrected chi connectivity index (χ0v) is 7.04. The lowest BCUT2D eigenvalue weighted by Crippen LogP contribution is -2.08. The summed E-state index contributed by atoms with van der Waals surface area (Å²) in [4.78, 5) is 3.65. The van der Waals surface area contributed by atoms with Crippen LogP contribution in [0, 0.1) is 0 Å². The molecule has 0 atom stereocenters. The van der Waals surface area contributed by atoms with Crippen LogP contribution in [0.5, 0.6) is 0 Å². The molecule has 0 aromatic rings. The maximum Gasteiger partial charge on any atom is 0.149 e. The van der Waals surface area contributed by atoms with Gasteiger partial charge in [0.2, 0.25) is 0 Å². The first kappa shape index (κ1) is 9.81. The van der Waals surface area contributed by atoms with E-state index >= 15 is 0 Å². The molecular formula is C7H14N4. The van der Waals surface area contributed by atoms with E-state index in [0.29, 0.717) is 18.1 Å². The Morgan fingerprint density at radius 3 is 2.27 bits per heavy atom. The molecular weight excluding hydrogens is 140 g/mol. The van der Waals surface area contributed by atoms with Crippen LogP contribution in [-0.2, 0) is 0 Å². The van der Waals surface area contributed by atoms with E-state index in [0.717, 1.165) is 6.42 Å². The first-order valence-corrected chi connectivity index (χ1v) is 3.60. The fourth-order valence-electron chi connectivity index (χ4n) is 0.407. The summed E-state index contributed by atoms with van der Waals surface area (Å²) in [5.41, 5.74) is 5.41. The second-order valence-corrected chi connectivity index (χ2v) is 1.97. The summed E-state index contributed by atoms with van der Waals surface area (Å²) < 4.78 is 0. The molecule has 0 radical (unpaired) electrons. The number of amidine groups is 2. The van der Waals surface area contributed by atoms with Crippen LogP contribution in [0.25, 0.3) is 0 Å². The molecule has 0 amide bonds. The topological polar surface area (TPSA) is 63.1 Å². The maximum absolute atomic E-state index is 5.41. The van der Waals surface area contributed by atoms with Gasteiger partial charge in [0.15, 0.2) is 0 Å². The van der Waals surface area contributed by atoms with Crippen molar-refractivity contribution in [3.63, 3.8) is 0 Å². The molecule has 0 fully saturated rings. The third-order valence-electron chi connectivity index (χ3n) is 1.15. The van der Waals surface area contributed by atoms with Crippen LogP contribution in [0.1, 0.15) is 26.7 Å². The minimum Gasteiger partial charge on any atom is -0.386 e. The fraction of sp³-hybridized carbons (Fsp3) is 0.571. The van der Waals surface area contributed by atoms with Crippen molar-refractivity contribution in [3.8, 4) is 0 Å². The Hall–Kier alpha value is -1.19. The van der Waals surface area contributed by atoms with Gasteiger partial charge >= 0.3 is 0 Å². The smallest absolute Gasteiger partial charge is 0.149 e. The highest BCUT2D eigenvalue weighted by Crippen LogP contribution is 1.88. The van der Waals surface area contributed by atoms with E-state index in [4.69, 9.17) is 5.73 Å². The van der Waals surface area contributed by atoms with Gasteiger partial charge in [0.05, 0.1) is 0 Å². The van der Waals surface area contributed by atoms with Crippen LogP contribution >= 0.6 is 0 Å². The summed E-state index contributed by atoms with van der Waals surface area (Å²) in [5.74, 6) is 1.13. The van der Waals surface area contributed by atoms with Crippen LogP contribution in [-0.4, -0.2) is 18.4 Å². The Morgan fingerprint density at radius 1 is 1.27 bits per heavy atom. The molecule has 0 spiro atoms. The average molecular weight is 154 g/mol. The summed E-state index contributed by atoms with van der Waals surface area (Å²) in [6.45, 7) is 7.20. The Labute approximate surface area is 66.9 Å². The molecule has 0 aromatic heterocycles. The van der Waals surface area contributed by atoms with E-state index in [1.54, 1.807) is 0 Å². The van der Waals surface area contributed by atoms with Gasteiger partial charge in [-0.3, -0.25) is 0 Å². The van der Waals surface area contributed by atoms with Crippen LogP contribution < -0.4 is 5.73 Å². The van der Waals surface area contributed by atoms with E-state index in [2.05, 4.69) is 21.9 Å². The molecule has 4 nitrogen and oxygen atoms in total. The molecule has 0 aliphatic heterocycles. The maximum atomic E-state index is 5.41. The molecule has 0 saturated carbocycles. The first-order chi connectivity index (χ1) is 5.24. The Bertz CT molecular complexity index is 181. The minimum atomic E-state index is 0.514. The number of nitrogens with zero attached hydrogens (tertiary/aromatic N) is 3. The summed E-state index contributed by atoms with van der Waals surface area (Å²) >= 11 is 0. The predicted octanol–water partition coefficient (Wildman–Crippen LogP) is 1.18. The molecule has 0 bridgehead atoms.